The van der Waals surface area contributed by atoms with E-state index in [1.54, 1.807) is 0 Å². The number of nitriles is 1. The van der Waals surface area contributed by atoms with Gasteiger partial charge in [-0.25, -0.2) is 4.85 Å². The maximum Gasteiger partial charge on any atom is 0.188 e. The van der Waals surface area contributed by atoms with Crippen LogP contribution in [0.15, 0.2) is 200 Å². The Morgan fingerprint density at radius 1 is 0.435 bits per heavy atom. The third-order valence-electron chi connectivity index (χ3n) is 14.6. The monoisotopic (exact) mass is 879 g/mol. The Hall–Kier alpha value is -9.76. The minimum Gasteiger partial charge on any atom is -0.457 e. The van der Waals surface area contributed by atoms with Crippen LogP contribution in [-0.2, 0) is 5.41 Å². The summed E-state index contributed by atoms with van der Waals surface area (Å²) >= 11 is 0. The smallest absolute Gasteiger partial charge is 0.188 e. The van der Waals surface area contributed by atoms with Crippen molar-refractivity contribution in [1.82, 2.24) is 23.7 Å². The first kappa shape index (κ1) is 37.5. The molecule has 6 heterocycles. The lowest BCUT2D eigenvalue weighted by Crippen LogP contribution is -2.32. The maximum atomic E-state index is 9.98. The van der Waals surface area contributed by atoms with E-state index in [1.165, 1.54) is 10.8 Å². The van der Waals surface area contributed by atoms with Crippen molar-refractivity contribution in [2.24, 2.45) is 0 Å². The molecule has 0 bridgehead atoms. The molecule has 0 radical (unpaired) electrons. The third-order valence-corrected chi connectivity index (χ3v) is 14.6. The predicted molar refractivity (Wildman–Crippen MR) is 273 cm³/mol. The van der Waals surface area contributed by atoms with E-state index in [0.29, 0.717) is 11.3 Å². The van der Waals surface area contributed by atoms with Gasteiger partial charge in [-0.15, -0.1) is 0 Å². The Morgan fingerprint density at radius 2 is 0.899 bits per heavy atom. The van der Waals surface area contributed by atoms with Crippen LogP contribution in [0.3, 0.4) is 0 Å². The van der Waals surface area contributed by atoms with Gasteiger partial charge in [0, 0.05) is 54.9 Å². The van der Waals surface area contributed by atoms with Gasteiger partial charge in [-0.2, -0.15) is 5.26 Å². The topological polar surface area (TPSA) is 78.0 Å². The zero-order chi connectivity index (χ0) is 45.5. The van der Waals surface area contributed by atoms with E-state index >= 15 is 0 Å². The van der Waals surface area contributed by atoms with Crippen LogP contribution in [0.5, 0.6) is 11.5 Å². The van der Waals surface area contributed by atoms with Gasteiger partial charge in [-0.05, 0) is 96.4 Å². The molecule has 1 aliphatic heterocycles. The molecule has 8 heteroatoms. The molecule has 1 spiro atoms. The van der Waals surface area contributed by atoms with Crippen molar-refractivity contribution in [1.29, 1.82) is 5.26 Å². The molecule has 1 atom stereocenters. The summed E-state index contributed by atoms with van der Waals surface area (Å²) in [6, 6.07) is 67.8. The van der Waals surface area contributed by atoms with E-state index in [1.807, 2.05) is 54.9 Å². The van der Waals surface area contributed by atoms with Crippen LogP contribution in [0.25, 0.3) is 98.7 Å². The van der Waals surface area contributed by atoms with Gasteiger partial charge in [0.1, 0.15) is 11.5 Å². The fourth-order valence-corrected chi connectivity index (χ4v) is 11.8. The SMILES string of the molecule is [C-]#[N+]c1ccc2c(c1)c1ccccc1n2-c1cnc2c(c1)C1(c3ccccc3Oc3ccc(-n4c5ccccc5c5ccccc54)cc31)c1cc(-n3c4ccccc4c4cc(C#N)ccc43)cnc1-2. The molecule has 15 rings (SSSR count). The molecule has 0 fully saturated rings. The number of benzene rings is 8. The van der Waals surface area contributed by atoms with Crippen LogP contribution in [0.1, 0.15) is 27.8 Å². The standard InChI is InChI=1S/C61H33N7O/c1-63-37-23-26-56-46(29-37)44-15-5-10-20-54(44)68(56)40-32-50-60(65-35-40)59-49(31-39(34-64-59)67-53-19-9-4-14-43(53)45-28-36(33-62)22-25-55(45)67)61(50)47-16-6-11-21-57(47)69-58-27-24-38(30-48(58)61)66-51-17-7-2-12-41(51)42-13-3-8-18-52(42)66/h2-32,34-35H. The summed E-state index contributed by atoms with van der Waals surface area (Å²) in [5, 5.41) is 16.5. The Balaban J connectivity index is 1.07. The molecule has 69 heavy (non-hydrogen) atoms. The molecule has 2 aliphatic rings. The molecular weight excluding hydrogens is 847 g/mol. The number of rotatable bonds is 3. The molecule has 318 valence electrons. The molecule has 1 unspecified atom stereocenters. The van der Waals surface area contributed by atoms with Crippen LogP contribution in [-0.4, -0.2) is 23.7 Å². The fourth-order valence-electron chi connectivity index (χ4n) is 11.8. The normalized spacial score (nSPS) is 14.5. The molecule has 0 N–H and O–H groups in total. The number of ether oxygens (including phenoxy) is 1. The predicted octanol–water partition coefficient (Wildman–Crippen LogP) is 14.7. The second kappa shape index (κ2) is 13.6. The number of para-hydroxylation sites is 5. The Kier molecular flexibility index (Phi) is 7.41. The molecule has 0 saturated carbocycles. The highest BCUT2D eigenvalue weighted by Crippen LogP contribution is 2.62. The fraction of sp³-hybridized carbons (Fsp3) is 0.0164. The molecule has 1 aliphatic carbocycles. The van der Waals surface area contributed by atoms with Gasteiger partial charge in [0.15, 0.2) is 5.69 Å². The Labute approximate surface area is 394 Å². The Bertz CT molecular complexity index is 4280. The summed E-state index contributed by atoms with van der Waals surface area (Å²) < 4.78 is 13.9. The van der Waals surface area contributed by atoms with E-state index in [0.717, 1.165) is 117 Å². The maximum absolute atomic E-state index is 9.98. The van der Waals surface area contributed by atoms with E-state index in [-0.39, 0.29) is 0 Å². The first-order valence-electron chi connectivity index (χ1n) is 22.9. The van der Waals surface area contributed by atoms with Gasteiger partial charge in [-0.3, -0.25) is 9.97 Å². The highest BCUT2D eigenvalue weighted by Gasteiger charge is 2.53. The molecule has 8 nitrogen and oxygen atoms in total. The number of fused-ring (bicyclic) bond motifs is 18. The van der Waals surface area contributed by atoms with Crippen molar-refractivity contribution in [3.8, 4) is 46.0 Å². The average Bonchev–Trinajstić information content (AvgIpc) is 4.12. The molecule has 0 amide bonds. The first-order chi connectivity index (χ1) is 34.1. The lowest BCUT2D eigenvalue weighted by molar-refractivity contribution is 0.436. The zero-order valence-electron chi connectivity index (χ0n) is 36.6. The highest BCUT2D eigenvalue weighted by atomic mass is 16.5. The van der Waals surface area contributed by atoms with Gasteiger partial charge in [0.2, 0.25) is 0 Å². The van der Waals surface area contributed by atoms with Crippen molar-refractivity contribution < 1.29 is 4.74 Å². The highest BCUT2D eigenvalue weighted by molar-refractivity contribution is 6.12. The van der Waals surface area contributed by atoms with Crippen LogP contribution in [0.4, 0.5) is 5.69 Å². The minimum atomic E-state index is -0.974. The van der Waals surface area contributed by atoms with Crippen molar-refractivity contribution in [2.45, 2.75) is 5.41 Å². The summed E-state index contributed by atoms with van der Waals surface area (Å²) in [6.45, 7) is 7.85. The van der Waals surface area contributed by atoms with Gasteiger partial charge in [0.05, 0.1) is 91.9 Å². The summed E-state index contributed by atoms with van der Waals surface area (Å²) in [5.74, 6) is 1.51. The molecular formula is C61H33N7O. The molecule has 13 aromatic rings. The van der Waals surface area contributed by atoms with Crippen LogP contribution >= 0.6 is 0 Å². The van der Waals surface area contributed by atoms with Gasteiger partial charge >= 0.3 is 0 Å². The summed E-state index contributed by atoms with van der Waals surface area (Å²) in [4.78, 5) is 14.7. The number of hydrogen-bond donors (Lipinski definition) is 0. The lowest BCUT2D eigenvalue weighted by atomic mass is 9.66. The van der Waals surface area contributed by atoms with Crippen molar-refractivity contribution in [2.75, 3.05) is 0 Å². The van der Waals surface area contributed by atoms with Crippen LogP contribution in [0.2, 0.25) is 0 Å². The zero-order valence-corrected chi connectivity index (χ0v) is 36.6. The van der Waals surface area contributed by atoms with E-state index in [2.05, 4.69) is 170 Å². The number of pyridine rings is 2. The average molecular weight is 880 g/mol. The largest absolute Gasteiger partial charge is 0.457 e. The van der Waals surface area contributed by atoms with Crippen molar-refractivity contribution >= 4 is 71.1 Å². The number of hydrogen-bond acceptors (Lipinski definition) is 4. The molecule has 0 saturated heterocycles. The van der Waals surface area contributed by atoms with E-state index in [9.17, 15) is 5.26 Å². The van der Waals surface area contributed by atoms with Gasteiger partial charge in [-0.1, -0.05) is 97.1 Å². The van der Waals surface area contributed by atoms with Gasteiger partial charge in [0.25, 0.3) is 0 Å². The summed E-state index contributed by atoms with van der Waals surface area (Å²) in [5.41, 5.74) is 14.8. The second-order valence-corrected chi connectivity index (χ2v) is 17.9. The quantitative estimate of drug-likeness (QED) is 0.166. The number of aromatic nitrogens is 5. The van der Waals surface area contributed by atoms with Crippen molar-refractivity contribution in [3.63, 3.8) is 0 Å². The Morgan fingerprint density at radius 3 is 1.48 bits per heavy atom. The second-order valence-electron chi connectivity index (χ2n) is 17.9. The lowest BCUT2D eigenvalue weighted by Gasteiger charge is -2.39. The van der Waals surface area contributed by atoms with E-state index < -0.39 is 5.41 Å². The minimum absolute atomic E-state index is 0.594. The van der Waals surface area contributed by atoms with Crippen LogP contribution < -0.4 is 4.74 Å². The van der Waals surface area contributed by atoms with Crippen molar-refractivity contribution in [3.05, 3.63) is 240 Å². The molecule has 5 aromatic heterocycles. The first-order valence-corrected chi connectivity index (χ1v) is 22.9. The third kappa shape index (κ3) is 4.88. The number of nitrogens with zero attached hydrogens (tertiary/aromatic N) is 7. The molecule has 8 aromatic carbocycles. The van der Waals surface area contributed by atoms with Crippen LogP contribution in [0, 0.1) is 17.9 Å². The van der Waals surface area contributed by atoms with Gasteiger partial charge < -0.3 is 18.4 Å². The summed E-state index contributed by atoms with van der Waals surface area (Å²) in [7, 11) is 0. The van der Waals surface area contributed by atoms with E-state index in [4.69, 9.17) is 21.3 Å². The summed E-state index contributed by atoms with van der Waals surface area (Å²) in [6.07, 6.45) is 3.93.